The van der Waals surface area contributed by atoms with Crippen LogP contribution in [-0.2, 0) is 55.7 Å². The second kappa shape index (κ2) is 37.8. The van der Waals surface area contributed by atoms with Crippen LogP contribution in [0.3, 0.4) is 0 Å². The number of aromatic nitrogens is 6. The van der Waals surface area contributed by atoms with Crippen molar-refractivity contribution in [2.45, 2.75) is 105 Å². The van der Waals surface area contributed by atoms with Crippen LogP contribution >= 0.6 is 11.6 Å². The minimum absolute atomic E-state index is 0.0229. The third-order valence-corrected chi connectivity index (χ3v) is 14.5. The summed E-state index contributed by atoms with van der Waals surface area (Å²) < 4.78 is 23.7. The van der Waals surface area contributed by atoms with Crippen molar-refractivity contribution in [3.8, 4) is 0 Å². The van der Waals surface area contributed by atoms with Crippen molar-refractivity contribution in [2.75, 3.05) is 60.0 Å². The average Bonchev–Trinajstić information content (AvgIpc) is 1.77. The van der Waals surface area contributed by atoms with Gasteiger partial charge in [-0.15, -0.1) is 0 Å². The lowest BCUT2D eigenvalue weighted by atomic mass is 10.1. The first kappa shape index (κ1) is 71.8. The normalized spacial score (nSPS) is 10.6. The molecule has 0 bridgehead atoms. The number of carbonyl (C=O) groups is 6. The number of ether oxygens (including phenoxy) is 4. The van der Waals surface area contributed by atoms with Gasteiger partial charge in [0.25, 0.3) is 11.8 Å². The third-order valence-electron chi connectivity index (χ3n) is 14.4. The molecule has 0 saturated carbocycles. The predicted molar refractivity (Wildman–Crippen MR) is 361 cm³/mol. The highest BCUT2D eigenvalue weighted by atomic mass is 35.5. The molecule has 25 heteroatoms. The van der Waals surface area contributed by atoms with Gasteiger partial charge in [-0.1, -0.05) is 64.5 Å². The zero-order valence-corrected chi connectivity index (χ0v) is 54.3. The smallest absolute Gasteiger partial charge is 0.412 e. The SMILES string of the molecule is CCCCCCOC(=O)Cl.CCCCCCOC(=O)NC(=N)c1ccc(NCc2nc3cc(C(=O)N(CCC(=O)OCC)c4ccccn4)ccc3n2C)cc1.CCOC(=O)CCN(C(=O)c1ccc2c(c1)nc(CNc1ccc(C(=N)N)cc1)n2C)c1ccccn1. The summed E-state index contributed by atoms with van der Waals surface area (Å²) >= 11 is 4.93. The molecule has 4 heterocycles. The number of pyridine rings is 2. The number of esters is 2. The highest BCUT2D eigenvalue weighted by Crippen LogP contribution is 2.24. The van der Waals surface area contributed by atoms with E-state index in [1.165, 1.54) is 22.6 Å². The van der Waals surface area contributed by atoms with Crippen molar-refractivity contribution in [2.24, 2.45) is 19.8 Å². The van der Waals surface area contributed by atoms with Crippen molar-refractivity contribution in [1.82, 2.24) is 34.4 Å². The van der Waals surface area contributed by atoms with E-state index in [4.69, 9.17) is 52.3 Å². The molecular weight excluding hydrogens is 1210 g/mol. The van der Waals surface area contributed by atoms with Crippen LogP contribution in [0.1, 0.15) is 135 Å². The maximum atomic E-state index is 13.6. The van der Waals surface area contributed by atoms with Crippen molar-refractivity contribution in [3.63, 3.8) is 0 Å². The number of hydrogen-bond donors (Lipinski definition) is 6. The molecule has 3 amide bonds. The van der Waals surface area contributed by atoms with Gasteiger partial charge in [-0.05, 0) is 136 Å². The van der Waals surface area contributed by atoms with Crippen molar-refractivity contribution in [3.05, 3.63) is 168 Å². The number of rotatable bonds is 30. The number of alkyl carbamates (subject to hydrolysis) is 1. The van der Waals surface area contributed by atoms with Crippen molar-refractivity contribution >= 4 is 104 Å². The Kier molecular flexibility index (Phi) is 29.2. The van der Waals surface area contributed by atoms with E-state index < -0.39 is 11.5 Å². The topological polar surface area (TPSA) is 317 Å². The molecule has 0 saturated heterocycles. The number of fused-ring (bicyclic) bond motifs is 2. The van der Waals surface area contributed by atoms with Crippen LogP contribution in [0.2, 0.25) is 0 Å². The molecule has 8 rings (SSSR count). The average molecular weight is 1290 g/mol. The molecule has 0 unspecified atom stereocenters. The number of amidine groups is 2. The highest BCUT2D eigenvalue weighted by Gasteiger charge is 2.24. The maximum absolute atomic E-state index is 13.6. The molecule has 93 heavy (non-hydrogen) atoms. The minimum atomic E-state index is -0.698. The van der Waals surface area contributed by atoms with E-state index in [-0.39, 0.29) is 74.6 Å². The Morgan fingerprint density at radius 1 is 0.538 bits per heavy atom. The van der Waals surface area contributed by atoms with E-state index in [2.05, 4.69) is 44.5 Å². The molecule has 492 valence electrons. The summed E-state index contributed by atoms with van der Waals surface area (Å²) in [6.45, 7) is 10.2. The molecule has 7 N–H and O–H groups in total. The second-order valence-electron chi connectivity index (χ2n) is 21.1. The number of nitrogens with two attached hydrogens (primary N) is 1. The number of nitrogen functional groups attached to an aromatic ring is 1. The van der Waals surface area contributed by atoms with Gasteiger partial charge in [0, 0.05) is 84.8 Å². The molecule has 0 aliphatic rings. The molecule has 0 fully saturated rings. The zero-order chi connectivity index (χ0) is 67.1. The summed E-state index contributed by atoms with van der Waals surface area (Å²) in [4.78, 5) is 94.2. The Morgan fingerprint density at radius 3 is 1.37 bits per heavy atom. The summed E-state index contributed by atoms with van der Waals surface area (Å²) in [7, 11) is 3.83. The third kappa shape index (κ3) is 22.6. The number of hydrogen-bond acceptors (Lipinski definition) is 18. The molecule has 0 aliphatic carbocycles. The molecule has 0 spiro atoms. The number of amides is 3. The maximum Gasteiger partial charge on any atom is 0.412 e. The zero-order valence-electron chi connectivity index (χ0n) is 53.5. The van der Waals surface area contributed by atoms with Crippen molar-refractivity contribution < 1.29 is 47.7 Å². The Bertz CT molecular complexity index is 3750. The monoisotopic (exact) mass is 1290 g/mol. The number of carbonyl (C=O) groups excluding carboxylic acids is 6. The Hall–Kier alpha value is -10.2. The lowest BCUT2D eigenvalue weighted by molar-refractivity contribution is -0.143. The quantitative estimate of drug-likeness (QED) is 0.00608. The molecule has 0 aliphatic heterocycles. The Morgan fingerprint density at radius 2 is 0.968 bits per heavy atom. The van der Waals surface area contributed by atoms with Gasteiger partial charge in [0.15, 0.2) is 0 Å². The number of imidazole rings is 2. The number of aryl methyl sites for hydroxylation is 2. The second-order valence-corrected chi connectivity index (χ2v) is 21.4. The minimum Gasteiger partial charge on any atom is -0.466 e. The van der Waals surface area contributed by atoms with Gasteiger partial charge < -0.3 is 44.4 Å². The van der Waals surface area contributed by atoms with Gasteiger partial charge in [-0.3, -0.25) is 45.1 Å². The number of nitrogens with zero attached hydrogens (tertiary/aromatic N) is 8. The molecule has 0 atom stereocenters. The van der Waals surface area contributed by atoms with Gasteiger partial charge in [-0.2, -0.15) is 0 Å². The van der Waals surface area contributed by atoms with E-state index in [1.54, 1.807) is 111 Å². The van der Waals surface area contributed by atoms with E-state index in [9.17, 15) is 28.8 Å². The summed E-state index contributed by atoms with van der Waals surface area (Å²) in [6, 6.07) is 35.7. The summed E-state index contributed by atoms with van der Waals surface area (Å²) in [5, 5.41) is 24.8. The molecule has 24 nitrogen and oxygen atoms in total. The number of benzene rings is 4. The largest absolute Gasteiger partial charge is 0.466 e. The molecular formula is C68H83ClN14O10. The predicted octanol–water partition coefficient (Wildman–Crippen LogP) is 12.2. The van der Waals surface area contributed by atoms with Crippen LogP contribution in [0, 0.1) is 10.8 Å². The first-order chi connectivity index (χ1) is 44.9. The van der Waals surface area contributed by atoms with Gasteiger partial charge in [0.05, 0.1) is 74.4 Å². The van der Waals surface area contributed by atoms with E-state index in [1.807, 2.05) is 59.6 Å². The van der Waals surface area contributed by atoms with Crippen LogP contribution in [0.4, 0.5) is 32.6 Å². The number of nitrogens with one attached hydrogen (secondary N) is 5. The lowest BCUT2D eigenvalue weighted by Crippen LogP contribution is -2.34. The molecule has 4 aromatic carbocycles. The van der Waals surface area contributed by atoms with Gasteiger partial charge in [-0.25, -0.2) is 29.5 Å². The van der Waals surface area contributed by atoms with Gasteiger partial charge >= 0.3 is 23.5 Å². The van der Waals surface area contributed by atoms with Crippen LogP contribution < -0.4 is 31.5 Å². The first-order valence-electron chi connectivity index (χ1n) is 31.0. The number of unbranched alkanes of at least 4 members (excludes halogenated alkanes) is 6. The van der Waals surface area contributed by atoms with E-state index >= 15 is 0 Å². The summed E-state index contributed by atoms with van der Waals surface area (Å²) in [5.74, 6) is 1.11. The molecule has 0 radical (unpaired) electrons. The molecule has 4 aromatic heterocycles. The Labute approximate surface area is 546 Å². The summed E-state index contributed by atoms with van der Waals surface area (Å²) in [5.41, 5.74) is 11.7. The van der Waals surface area contributed by atoms with Crippen molar-refractivity contribution in [1.29, 1.82) is 10.8 Å². The van der Waals surface area contributed by atoms with Crippen LogP contribution in [0.25, 0.3) is 22.1 Å². The summed E-state index contributed by atoms with van der Waals surface area (Å²) in [6.07, 6.45) is 11.1. The number of halogens is 1. The van der Waals surface area contributed by atoms with E-state index in [0.717, 1.165) is 72.6 Å². The molecule has 8 aromatic rings. The Balaban J connectivity index is 0.000000261. The van der Waals surface area contributed by atoms with Crippen LogP contribution in [0.5, 0.6) is 0 Å². The lowest BCUT2D eigenvalue weighted by Gasteiger charge is -2.21. The fourth-order valence-electron chi connectivity index (χ4n) is 9.40. The number of anilines is 4. The van der Waals surface area contributed by atoms with E-state index in [0.29, 0.717) is 71.2 Å². The van der Waals surface area contributed by atoms with Crippen LogP contribution in [0.15, 0.2) is 134 Å². The highest BCUT2D eigenvalue weighted by molar-refractivity contribution is 6.61. The van der Waals surface area contributed by atoms with Crippen LogP contribution in [-0.4, -0.2) is 116 Å². The van der Waals surface area contributed by atoms with Gasteiger partial charge in [0.2, 0.25) is 0 Å². The van der Waals surface area contributed by atoms with Gasteiger partial charge in [0.1, 0.15) is 35.0 Å². The fourth-order valence-corrected chi connectivity index (χ4v) is 9.48. The standard InChI is InChI=1S/C34H41N7O5.C27H29N7O3.C7H13ClO2/c1-4-6-7-10-21-46-34(44)39-32(35)24-12-15-26(16-13-24)37-23-30-38-27-22-25(14-17-28(27)40(30)3)33(43)41(20-18-31(42)45-5-2)29-11-8-9-19-36-29;1-3-37-25(35)13-15-34(23-6-4-5-14-30-23)27(36)19-9-12-22-21(16-19)32-24(33(22)2)17-31-20-10-7-18(8-11-20)26(28)29;1-2-3-4-5-6-10-7(8)9/h8-9,11-17,19,22,37H,4-7,10,18,20-21,23H2,1-3H3,(H2,35,39,44);4-12,14,16,31H,3,13,15,17H2,1-2H3,(H3,28,29);2-6H2,1H3. The first-order valence-corrected chi connectivity index (χ1v) is 31.4. The fraction of sp³-hybridized carbons (Fsp3) is 0.353.